The number of aromatic amines is 1. The largest absolute Gasteiger partial charge is 0.419 e. The molecule has 0 spiro atoms. The molecular weight excluding hydrogens is 372 g/mol. The predicted octanol–water partition coefficient (Wildman–Crippen LogP) is 2.22. The molecule has 2 heterocycles. The standard InChI is InChI=1S/C21H20N4O4/c1-12-4-3-5-15-13(11-23-18(12)15)8-9-22-19(26)20(27)24-14-6-7-16-17(10-14)29-21(28)25(16)2/h3-7,10-11,23H,8-9H2,1-2H3,(H,22,26)(H,24,27). The molecule has 0 atom stereocenters. The number of anilines is 1. The van der Waals surface area contributed by atoms with Gasteiger partial charge in [0.05, 0.1) is 5.52 Å². The van der Waals surface area contributed by atoms with Gasteiger partial charge in [0.15, 0.2) is 5.58 Å². The number of fused-ring (bicyclic) bond motifs is 2. The summed E-state index contributed by atoms with van der Waals surface area (Å²) in [6.07, 6.45) is 2.52. The average Bonchev–Trinajstić information content (AvgIpc) is 3.23. The van der Waals surface area contributed by atoms with Gasteiger partial charge in [-0.1, -0.05) is 18.2 Å². The van der Waals surface area contributed by atoms with E-state index in [0.717, 1.165) is 22.0 Å². The second-order valence-electron chi connectivity index (χ2n) is 6.88. The van der Waals surface area contributed by atoms with Gasteiger partial charge in [-0.3, -0.25) is 14.2 Å². The lowest BCUT2D eigenvalue weighted by Crippen LogP contribution is -2.36. The van der Waals surface area contributed by atoms with Crippen LogP contribution in [0.5, 0.6) is 0 Å². The summed E-state index contributed by atoms with van der Waals surface area (Å²) in [6.45, 7) is 2.37. The van der Waals surface area contributed by atoms with Crippen molar-refractivity contribution in [2.45, 2.75) is 13.3 Å². The van der Waals surface area contributed by atoms with E-state index in [1.807, 2.05) is 31.3 Å². The minimum atomic E-state index is -0.780. The van der Waals surface area contributed by atoms with Crippen molar-refractivity contribution < 1.29 is 14.0 Å². The SMILES string of the molecule is Cc1cccc2c(CCNC(=O)C(=O)Nc3ccc4c(c3)oc(=O)n4C)c[nH]c12. The number of H-pyrrole nitrogens is 1. The zero-order valence-electron chi connectivity index (χ0n) is 16.0. The lowest BCUT2D eigenvalue weighted by molar-refractivity contribution is -0.136. The van der Waals surface area contributed by atoms with E-state index in [1.54, 1.807) is 19.2 Å². The molecule has 8 heteroatoms. The van der Waals surface area contributed by atoms with Crippen molar-refractivity contribution in [1.82, 2.24) is 14.9 Å². The summed E-state index contributed by atoms with van der Waals surface area (Å²) in [5.74, 6) is -2.00. The van der Waals surface area contributed by atoms with Crippen LogP contribution in [0.4, 0.5) is 5.69 Å². The molecular formula is C21H20N4O4. The van der Waals surface area contributed by atoms with Crippen LogP contribution < -0.4 is 16.4 Å². The maximum absolute atomic E-state index is 12.1. The maximum Gasteiger partial charge on any atom is 0.419 e. The number of aryl methyl sites for hydroxylation is 2. The number of carbonyl (C=O) groups is 2. The van der Waals surface area contributed by atoms with E-state index >= 15 is 0 Å². The van der Waals surface area contributed by atoms with Gasteiger partial charge in [0.1, 0.15) is 0 Å². The molecule has 148 valence electrons. The fourth-order valence-electron chi connectivity index (χ4n) is 3.36. The first kappa shape index (κ1) is 18.5. The van der Waals surface area contributed by atoms with Crippen molar-refractivity contribution in [3.05, 3.63) is 64.3 Å². The third-order valence-corrected chi connectivity index (χ3v) is 4.95. The van der Waals surface area contributed by atoms with Crippen molar-refractivity contribution in [1.29, 1.82) is 0 Å². The zero-order valence-corrected chi connectivity index (χ0v) is 16.0. The van der Waals surface area contributed by atoms with E-state index in [0.29, 0.717) is 29.8 Å². The minimum absolute atomic E-state index is 0.333. The number of para-hydroxylation sites is 1. The third-order valence-electron chi connectivity index (χ3n) is 4.95. The predicted molar refractivity (Wildman–Crippen MR) is 110 cm³/mol. The van der Waals surface area contributed by atoms with Crippen LogP contribution in [0.15, 0.2) is 51.8 Å². The van der Waals surface area contributed by atoms with Crippen molar-refractivity contribution in [3.8, 4) is 0 Å². The van der Waals surface area contributed by atoms with E-state index in [-0.39, 0.29) is 0 Å². The molecule has 0 unspecified atom stereocenters. The van der Waals surface area contributed by atoms with Crippen LogP contribution in [0.3, 0.4) is 0 Å². The number of aromatic nitrogens is 2. The highest BCUT2D eigenvalue weighted by Crippen LogP contribution is 2.21. The summed E-state index contributed by atoms with van der Waals surface area (Å²) in [5.41, 5.74) is 4.63. The van der Waals surface area contributed by atoms with Gasteiger partial charge < -0.3 is 20.0 Å². The Bertz CT molecular complexity index is 1300. The van der Waals surface area contributed by atoms with E-state index in [4.69, 9.17) is 4.42 Å². The molecule has 2 amide bonds. The molecule has 4 aromatic rings. The Morgan fingerprint density at radius 2 is 2.00 bits per heavy atom. The first-order chi connectivity index (χ1) is 13.9. The van der Waals surface area contributed by atoms with Crippen molar-refractivity contribution in [2.75, 3.05) is 11.9 Å². The summed E-state index contributed by atoms with van der Waals surface area (Å²) in [5, 5.41) is 6.26. The van der Waals surface area contributed by atoms with Gasteiger partial charge in [-0.15, -0.1) is 0 Å². The number of amides is 2. The molecule has 0 radical (unpaired) electrons. The summed E-state index contributed by atoms with van der Waals surface area (Å²) in [4.78, 5) is 39.0. The van der Waals surface area contributed by atoms with Crippen molar-refractivity contribution >= 4 is 39.5 Å². The Kier molecular flexibility index (Phi) is 4.67. The Morgan fingerprint density at radius 3 is 2.83 bits per heavy atom. The average molecular weight is 392 g/mol. The summed E-state index contributed by atoms with van der Waals surface area (Å²) < 4.78 is 6.44. The number of rotatable bonds is 4. The van der Waals surface area contributed by atoms with Crippen LogP contribution in [-0.2, 0) is 23.1 Å². The number of hydrogen-bond donors (Lipinski definition) is 3. The third kappa shape index (κ3) is 3.52. The quantitative estimate of drug-likeness (QED) is 0.463. The van der Waals surface area contributed by atoms with E-state index < -0.39 is 17.6 Å². The highest BCUT2D eigenvalue weighted by molar-refractivity contribution is 6.39. The first-order valence-electron chi connectivity index (χ1n) is 9.18. The molecule has 0 bridgehead atoms. The molecule has 0 saturated carbocycles. The number of carbonyl (C=O) groups excluding carboxylic acids is 2. The Labute approximate surface area is 165 Å². The molecule has 2 aromatic heterocycles. The number of oxazole rings is 1. The second kappa shape index (κ2) is 7.31. The normalized spacial score (nSPS) is 11.1. The molecule has 8 nitrogen and oxygen atoms in total. The van der Waals surface area contributed by atoms with Gasteiger partial charge in [0.2, 0.25) is 0 Å². The zero-order chi connectivity index (χ0) is 20.5. The van der Waals surface area contributed by atoms with E-state index in [2.05, 4.69) is 15.6 Å². The monoisotopic (exact) mass is 392 g/mol. The summed E-state index contributed by atoms with van der Waals surface area (Å²) in [7, 11) is 1.59. The number of benzene rings is 2. The van der Waals surface area contributed by atoms with Gasteiger partial charge in [0, 0.05) is 42.4 Å². The van der Waals surface area contributed by atoms with Crippen molar-refractivity contribution in [3.63, 3.8) is 0 Å². The van der Waals surface area contributed by atoms with Crippen LogP contribution in [0, 0.1) is 6.92 Å². The molecule has 3 N–H and O–H groups in total. The summed E-state index contributed by atoms with van der Waals surface area (Å²) >= 11 is 0. The molecule has 2 aromatic carbocycles. The van der Waals surface area contributed by atoms with Crippen LogP contribution in [0.25, 0.3) is 22.0 Å². The van der Waals surface area contributed by atoms with Crippen molar-refractivity contribution in [2.24, 2.45) is 7.05 Å². The molecule has 0 fully saturated rings. The number of nitrogens with one attached hydrogen (secondary N) is 3. The first-order valence-corrected chi connectivity index (χ1v) is 9.18. The van der Waals surface area contributed by atoms with Gasteiger partial charge in [-0.05, 0) is 36.6 Å². The Balaban J connectivity index is 1.36. The molecule has 0 aliphatic rings. The fourth-order valence-corrected chi connectivity index (χ4v) is 3.36. The highest BCUT2D eigenvalue weighted by Gasteiger charge is 2.15. The lowest BCUT2D eigenvalue weighted by atomic mass is 10.1. The molecule has 29 heavy (non-hydrogen) atoms. The van der Waals surface area contributed by atoms with E-state index in [1.165, 1.54) is 10.6 Å². The van der Waals surface area contributed by atoms with Crippen LogP contribution in [0.2, 0.25) is 0 Å². The van der Waals surface area contributed by atoms with Gasteiger partial charge in [-0.2, -0.15) is 0 Å². The minimum Gasteiger partial charge on any atom is -0.408 e. The van der Waals surface area contributed by atoms with Gasteiger partial charge >= 0.3 is 17.6 Å². The van der Waals surface area contributed by atoms with Gasteiger partial charge in [0.25, 0.3) is 0 Å². The Morgan fingerprint density at radius 1 is 1.17 bits per heavy atom. The van der Waals surface area contributed by atoms with Crippen LogP contribution in [0.1, 0.15) is 11.1 Å². The number of nitrogens with zero attached hydrogens (tertiary/aromatic N) is 1. The van der Waals surface area contributed by atoms with E-state index in [9.17, 15) is 14.4 Å². The highest BCUT2D eigenvalue weighted by atomic mass is 16.4. The topological polar surface area (TPSA) is 109 Å². The Hall–Kier alpha value is -3.81. The maximum atomic E-state index is 12.1. The second-order valence-corrected chi connectivity index (χ2v) is 6.88. The fraction of sp³-hybridized carbons (Fsp3) is 0.190. The lowest BCUT2D eigenvalue weighted by Gasteiger charge is -2.06. The van der Waals surface area contributed by atoms with Crippen LogP contribution in [-0.4, -0.2) is 27.9 Å². The summed E-state index contributed by atoms with van der Waals surface area (Å²) in [6, 6.07) is 10.8. The van der Waals surface area contributed by atoms with Gasteiger partial charge in [-0.25, -0.2) is 4.79 Å². The molecule has 0 aliphatic heterocycles. The van der Waals surface area contributed by atoms with Crippen LogP contribution >= 0.6 is 0 Å². The smallest absolute Gasteiger partial charge is 0.408 e. The number of hydrogen-bond acceptors (Lipinski definition) is 4. The molecule has 0 aliphatic carbocycles. The molecule has 0 saturated heterocycles. The molecule has 4 rings (SSSR count).